The number of piperidine rings is 1. The number of ether oxygens (including phenoxy) is 1. The van der Waals surface area contributed by atoms with Crippen LogP contribution in [0.2, 0.25) is 0 Å². The smallest absolute Gasteiger partial charge is 0.141 e. The highest BCUT2D eigenvalue weighted by Crippen LogP contribution is 2.37. The standard InChI is InChI=1S/C27H31FN7O/c1-33(2)15-18-9-20(28)11-24(10-18)36-23-4-7-34(8-5-23)21-12-22(13-21)35-16-19(14-32-35)26-25-3-6-29-27(25)31-17-30-26/h3,6,9-11,14,16-17,21,23H,4-5,7-8,12-13,15H2,1-2H3,(H,29,30,31). The summed E-state index contributed by atoms with van der Waals surface area (Å²) in [5.74, 6) is 0.401. The molecule has 1 radical (unpaired) electrons. The van der Waals surface area contributed by atoms with E-state index >= 15 is 0 Å². The van der Waals surface area contributed by atoms with E-state index in [2.05, 4.69) is 31.1 Å². The number of aromatic amines is 1. The third kappa shape index (κ3) is 4.73. The molecular formula is C27H31FN7O. The van der Waals surface area contributed by atoms with Crippen LogP contribution in [-0.4, -0.2) is 73.9 Å². The third-order valence-electron chi connectivity index (χ3n) is 7.20. The molecule has 1 aliphatic heterocycles. The molecule has 2 fully saturated rings. The first-order valence-electron chi connectivity index (χ1n) is 12.5. The molecule has 1 saturated heterocycles. The molecule has 0 spiro atoms. The van der Waals surface area contributed by atoms with Crippen molar-refractivity contribution in [3.05, 3.63) is 66.6 Å². The van der Waals surface area contributed by atoms with Crippen molar-refractivity contribution in [2.75, 3.05) is 27.2 Å². The Kier molecular flexibility index (Phi) is 6.18. The van der Waals surface area contributed by atoms with Gasteiger partial charge in [-0.25, -0.2) is 14.4 Å². The number of fused-ring (bicyclic) bond motifs is 1. The van der Waals surface area contributed by atoms with Crippen LogP contribution in [0.25, 0.3) is 22.3 Å². The molecule has 1 aromatic carbocycles. The lowest BCUT2D eigenvalue weighted by Crippen LogP contribution is -2.50. The van der Waals surface area contributed by atoms with Gasteiger partial charge in [0, 0.05) is 55.1 Å². The van der Waals surface area contributed by atoms with Crippen molar-refractivity contribution in [1.82, 2.24) is 34.5 Å². The van der Waals surface area contributed by atoms with Gasteiger partial charge < -0.3 is 14.6 Å². The van der Waals surface area contributed by atoms with Gasteiger partial charge in [-0.1, -0.05) is 0 Å². The number of nitrogens with one attached hydrogen (secondary N) is 1. The quantitative estimate of drug-likeness (QED) is 0.422. The highest BCUT2D eigenvalue weighted by Gasteiger charge is 2.38. The molecule has 6 rings (SSSR count). The van der Waals surface area contributed by atoms with E-state index in [1.165, 1.54) is 12.1 Å². The van der Waals surface area contributed by atoms with Crippen LogP contribution in [0.1, 0.15) is 31.2 Å². The molecule has 0 atom stereocenters. The second kappa shape index (κ2) is 9.63. The van der Waals surface area contributed by atoms with Crippen molar-refractivity contribution in [3.63, 3.8) is 0 Å². The van der Waals surface area contributed by atoms with Crippen LogP contribution in [0.4, 0.5) is 4.39 Å². The van der Waals surface area contributed by atoms with Gasteiger partial charge in [0.05, 0.1) is 17.9 Å². The summed E-state index contributed by atoms with van der Waals surface area (Å²) in [7, 11) is 3.96. The summed E-state index contributed by atoms with van der Waals surface area (Å²) in [5.41, 5.74) is 3.67. The molecule has 1 aliphatic carbocycles. The van der Waals surface area contributed by atoms with Crippen LogP contribution in [0, 0.1) is 11.9 Å². The van der Waals surface area contributed by atoms with E-state index in [4.69, 9.17) is 4.74 Å². The summed E-state index contributed by atoms with van der Waals surface area (Å²) >= 11 is 0. The van der Waals surface area contributed by atoms with E-state index in [-0.39, 0.29) is 11.9 Å². The Hall–Kier alpha value is -3.30. The number of nitrogens with zero attached hydrogens (tertiary/aromatic N) is 6. The second-order valence-corrected chi connectivity index (χ2v) is 10.2. The molecule has 36 heavy (non-hydrogen) atoms. The third-order valence-corrected chi connectivity index (χ3v) is 7.20. The molecule has 3 aromatic heterocycles. The summed E-state index contributed by atoms with van der Waals surface area (Å²) < 4.78 is 22.3. The fraction of sp³-hybridized carbons (Fsp3) is 0.407. The van der Waals surface area contributed by atoms with Crippen molar-refractivity contribution in [2.45, 2.75) is 44.4 Å². The van der Waals surface area contributed by atoms with E-state index in [1.54, 1.807) is 12.4 Å². The first-order valence-corrected chi connectivity index (χ1v) is 12.5. The van der Waals surface area contributed by atoms with Crippen LogP contribution in [0.3, 0.4) is 0 Å². The Morgan fingerprint density at radius 2 is 1.97 bits per heavy atom. The molecule has 1 N–H and O–H groups in total. The number of likely N-dealkylation sites (tertiary alicyclic amines) is 1. The molecule has 4 heterocycles. The van der Waals surface area contributed by atoms with Crippen molar-refractivity contribution in [2.24, 2.45) is 0 Å². The molecule has 0 unspecified atom stereocenters. The van der Waals surface area contributed by atoms with E-state index in [0.29, 0.717) is 18.3 Å². The Balaban J connectivity index is 1.01. The summed E-state index contributed by atoms with van der Waals surface area (Å²) in [6.07, 6.45) is 11.5. The lowest BCUT2D eigenvalue weighted by atomic mass is 9.84. The minimum atomic E-state index is -0.238. The van der Waals surface area contributed by atoms with E-state index in [0.717, 1.165) is 66.6 Å². The van der Waals surface area contributed by atoms with E-state index in [9.17, 15) is 4.39 Å². The van der Waals surface area contributed by atoms with Crippen LogP contribution in [0.5, 0.6) is 5.75 Å². The van der Waals surface area contributed by atoms with Crippen LogP contribution in [-0.2, 0) is 6.54 Å². The van der Waals surface area contributed by atoms with Crippen molar-refractivity contribution in [1.29, 1.82) is 0 Å². The molecule has 187 valence electrons. The van der Waals surface area contributed by atoms with Gasteiger partial charge in [-0.2, -0.15) is 5.10 Å². The van der Waals surface area contributed by atoms with Gasteiger partial charge in [0.2, 0.25) is 0 Å². The fourth-order valence-corrected chi connectivity index (χ4v) is 5.35. The summed E-state index contributed by atoms with van der Waals surface area (Å²) in [6.45, 7) is 2.69. The topological polar surface area (TPSA) is 75.1 Å². The summed E-state index contributed by atoms with van der Waals surface area (Å²) in [6, 6.07) is 8.92. The normalized spacial score (nSPS) is 18.2. The summed E-state index contributed by atoms with van der Waals surface area (Å²) in [5, 5.41) is 5.62. The van der Waals surface area contributed by atoms with Crippen LogP contribution in [0.15, 0.2) is 49.2 Å². The van der Waals surface area contributed by atoms with Gasteiger partial charge in [0.15, 0.2) is 0 Å². The number of halogens is 1. The predicted molar refractivity (Wildman–Crippen MR) is 136 cm³/mol. The average molecular weight is 489 g/mol. The van der Waals surface area contributed by atoms with Crippen LogP contribution >= 0.6 is 0 Å². The lowest BCUT2D eigenvalue weighted by Gasteiger charge is -2.45. The SMILES string of the molecule is CN(C)Cc1cc(F)cc(OC2CCN(C3C[C](n4cc(-c5ncnc6[nH]ccc56)cn4)C3)CC2)c1. The number of benzene rings is 1. The van der Waals surface area contributed by atoms with Gasteiger partial charge in [-0.3, -0.25) is 9.58 Å². The first kappa shape index (κ1) is 23.1. The highest BCUT2D eigenvalue weighted by atomic mass is 19.1. The average Bonchev–Trinajstić information content (AvgIpc) is 3.48. The largest absolute Gasteiger partial charge is 0.490 e. The Labute approximate surface area is 210 Å². The molecule has 4 aromatic rings. The molecule has 9 heteroatoms. The zero-order valence-corrected chi connectivity index (χ0v) is 20.7. The first-order chi connectivity index (χ1) is 17.5. The number of hydrogen-bond acceptors (Lipinski definition) is 6. The maximum Gasteiger partial charge on any atom is 0.141 e. The zero-order valence-electron chi connectivity index (χ0n) is 20.7. The molecule has 0 amide bonds. The summed E-state index contributed by atoms with van der Waals surface area (Å²) in [4.78, 5) is 16.5. The molecule has 0 bridgehead atoms. The van der Waals surface area contributed by atoms with Crippen LogP contribution < -0.4 is 4.74 Å². The lowest BCUT2D eigenvalue weighted by molar-refractivity contribution is 0.0521. The minimum absolute atomic E-state index is 0.130. The van der Waals surface area contributed by atoms with Crippen molar-refractivity contribution >= 4 is 11.0 Å². The van der Waals surface area contributed by atoms with Gasteiger partial charge in [0.25, 0.3) is 0 Å². The van der Waals surface area contributed by atoms with Gasteiger partial charge in [-0.05, 0) is 63.5 Å². The Morgan fingerprint density at radius 3 is 2.78 bits per heavy atom. The van der Waals surface area contributed by atoms with E-state index < -0.39 is 0 Å². The molecule has 2 aliphatic rings. The van der Waals surface area contributed by atoms with Crippen molar-refractivity contribution in [3.8, 4) is 17.0 Å². The Bertz CT molecular complexity index is 1330. The monoisotopic (exact) mass is 488 g/mol. The van der Waals surface area contributed by atoms with Gasteiger partial charge in [-0.15, -0.1) is 0 Å². The highest BCUT2D eigenvalue weighted by molar-refractivity contribution is 5.90. The number of aromatic nitrogens is 5. The molecule has 8 nitrogen and oxygen atoms in total. The van der Waals surface area contributed by atoms with Crippen molar-refractivity contribution < 1.29 is 9.13 Å². The zero-order chi connectivity index (χ0) is 24.6. The minimum Gasteiger partial charge on any atom is -0.490 e. The predicted octanol–water partition coefficient (Wildman–Crippen LogP) is 4.11. The maximum atomic E-state index is 14.1. The number of hydrogen-bond donors (Lipinski definition) is 1. The fourth-order valence-electron chi connectivity index (χ4n) is 5.35. The number of H-pyrrole nitrogens is 1. The maximum absolute atomic E-state index is 14.1. The Morgan fingerprint density at radius 1 is 1.14 bits per heavy atom. The van der Waals surface area contributed by atoms with E-state index in [1.807, 2.05) is 48.2 Å². The van der Waals surface area contributed by atoms with Gasteiger partial charge in [0.1, 0.15) is 29.6 Å². The van der Waals surface area contributed by atoms with Gasteiger partial charge >= 0.3 is 0 Å². The molecule has 1 saturated carbocycles. The second-order valence-electron chi connectivity index (χ2n) is 10.2. The molecular weight excluding hydrogens is 457 g/mol. The number of rotatable bonds is 7.